The number of nitrogens with two attached hydrogens (primary N) is 2. The predicted octanol–water partition coefficient (Wildman–Crippen LogP) is -0.107. The summed E-state index contributed by atoms with van der Waals surface area (Å²) in [5.74, 6) is -1.92. The highest BCUT2D eigenvalue weighted by Crippen LogP contribution is 2.28. The summed E-state index contributed by atoms with van der Waals surface area (Å²) in [7, 11) is 0. The molecule has 7 nitrogen and oxygen atoms in total. The number of carbonyl (C=O) groups excluding carboxylic acids is 3. The summed E-state index contributed by atoms with van der Waals surface area (Å²) in [6, 6.07) is 0. The molecule has 3 amide bonds. The molecule has 17 heavy (non-hydrogen) atoms. The first-order chi connectivity index (χ1) is 7.88. The molecule has 0 bridgehead atoms. The third-order valence-electron chi connectivity index (χ3n) is 1.96. The fraction of sp³-hybridized carbons (Fsp3) is 0.222. The molecule has 0 aliphatic carbocycles. The fourth-order valence-electron chi connectivity index (χ4n) is 1.38. The fourth-order valence-corrected chi connectivity index (χ4v) is 1.99. The molecule has 0 saturated heterocycles. The minimum atomic E-state index is -0.834. The highest BCUT2D eigenvalue weighted by atomic mass is 32.2. The second-order valence-electron chi connectivity index (χ2n) is 3.19. The molecule has 0 spiro atoms. The summed E-state index contributed by atoms with van der Waals surface area (Å²) < 4.78 is 0. The lowest BCUT2D eigenvalue weighted by molar-refractivity contribution is -0.114. The lowest BCUT2D eigenvalue weighted by Crippen LogP contribution is -2.21. The molecular weight excluding hydrogens is 244 g/mol. The van der Waals surface area contributed by atoms with Crippen LogP contribution in [-0.2, 0) is 4.79 Å². The van der Waals surface area contributed by atoms with Gasteiger partial charge in [0.1, 0.15) is 5.82 Å². The van der Waals surface area contributed by atoms with Gasteiger partial charge in [0.2, 0.25) is 5.91 Å². The van der Waals surface area contributed by atoms with E-state index in [1.807, 2.05) is 0 Å². The Balaban J connectivity index is 3.45. The van der Waals surface area contributed by atoms with E-state index < -0.39 is 17.7 Å². The van der Waals surface area contributed by atoms with E-state index in [1.165, 1.54) is 18.7 Å². The maximum Gasteiger partial charge on any atom is 0.253 e. The molecule has 0 saturated carbocycles. The monoisotopic (exact) mass is 256 g/mol. The van der Waals surface area contributed by atoms with Gasteiger partial charge in [-0.2, -0.15) is 0 Å². The number of rotatable bonds is 4. The van der Waals surface area contributed by atoms with E-state index in [-0.39, 0.29) is 16.9 Å². The maximum absolute atomic E-state index is 11.3. The number of thioether (sulfide) groups is 1. The normalized spacial score (nSPS) is 10.0. The van der Waals surface area contributed by atoms with Gasteiger partial charge >= 0.3 is 0 Å². The Kier molecular flexibility index (Phi) is 3.79. The molecule has 1 rings (SSSR count). The van der Waals surface area contributed by atoms with Crippen LogP contribution in [0.25, 0.3) is 0 Å². The lowest BCUT2D eigenvalue weighted by atomic mass is 10.1. The van der Waals surface area contributed by atoms with Gasteiger partial charge in [0.15, 0.2) is 0 Å². The Labute approximate surface area is 101 Å². The molecule has 0 unspecified atom stereocenters. The Morgan fingerprint density at radius 3 is 2.06 bits per heavy atom. The second-order valence-corrected chi connectivity index (χ2v) is 4.01. The molecule has 8 heteroatoms. The largest absolute Gasteiger partial charge is 0.365 e. The third-order valence-corrected chi connectivity index (χ3v) is 2.68. The molecule has 0 fully saturated rings. The van der Waals surface area contributed by atoms with Crippen molar-refractivity contribution >= 4 is 35.3 Å². The van der Waals surface area contributed by atoms with E-state index >= 15 is 0 Å². The first-order valence-corrected chi connectivity index (χ1v) is 5.78. The van der Waals surface area contributed by atoms with Crippen molar-refractivity contribution in [3.8, 4) is 0 Å². The van der Waals surface area contributed by atoms with Crippen molar-refractivity contribution < 1.29 is 14.4 Å². The zero-order chi connectivity index (χ0) is 13.2. The molecule has 0 aromatic carbocycles. The van der Waals surface area contributed by atoms with Gasteiger partial charge in [-0.05, 0) is 6.26 Å². The summed E-state index contributed by atoms with van der Waals surface area (Å²) >= 11 is 1.19. The number of nitrogens with one attached hydrogen (secondary N) is 2. The molecule has 1 aromatic heterocycles. The Morgan fingerprint density at radius 2 is 1.71 bits per heavy atom. The van der Waals surface area contributed by atoms with Crippen molar-refractivity contribution in [3.63, 3.8) is 0 Å². The van der Waals surface area contributed by atoms with Crippen molar-refractivity contribution in [3.05, 3.63) is 11.1 Å². The summed E-state index contributed by atoms with van der Waals surface area (Å²) in [6.07, 6.45) is 1.70. The van der Waals surface area contributed by atoms with Crippen LogP contribution in [0.1, 0.15) is 27.6 Å². The van der Waals surface area contributed by atoms with Gasteiger partial charge < -0.3 is 21.8 Å². The molecular formula is C9H12N4O3S. The van der Waals surface area contributed by atoms with Gasteiger partial charge in [-0.3, -0.25) is 14.4 Å². The van der Waals surface area contributed by atoms with Crippen molar-refractivity contribution in [1.82, 2.24) is 4.98 Å². The number of amides is 3. The quantitative estimate of drug-likeness (QED) is 0.560. The topological polar surface area (TPSA) is 131 Å². The SMILES string of the molecule is CSc1[nH]c(NC(C)=O)c(C(N)=O)c1C(N)=O. The van der Waals surface area contributed by atoms with Crippen molar-refractivity contribution in [2.45, 2.75) is 11.9 Å². The van der Waals surface area contributed by atoms with Crippen LogP contribution in [0.15, 0.2) is 5.03 Å². The molecule has 0 radical (unpaired) electrons. The molecule has 0 atom stereocenters. The molecule has 0 aliphatic rings. The number of hydrogen-bond acceptors (Lipinski definition) is 4. The highest BCUT2D eigenvalue weighted by Gasteiger charge is 2.25. The Hall–Kier alpha value is -1.96. The van der Waals surface area contributed by atoms with Gasteiger partial charge in [-0.15, -0.1) is 11.8 Å². The third kappa shape index (κ3) is 2.59. The first kappa shape index (κ1) is 13.1. The highest BCUT2D eigenvalue weighted by molar-refractivity contribution is 7.98. The van der Waals surface area contributed by atoms with E-state index in [4.69, 9.17) is 11.5 Å². The number of anilines is 1. The molecule has 1 heterocycles. The smallest absolute Gasteiger partial charge is 0.253 e. The van der Waals surface area contributed by atoms with E-state index in [2.05, 4.69) is 10.3 Å². The molecule has 0 aliphatic heterocycles. The number of hydrogen-bond donors (Lipinski definition) is 4. The van der Waals surface area contributed by atoms with Crippen LogP contribution in [0.5, 0.6) is 0 Å². The van der Waals surface area contributed by atoms with Crippen molar-refractivity contribution in [2.75, 3.05) is 11.6 Å². The molecule has 92 valence electrons. The van der Waals surface area contributed by atoms with Crippen LogP contribution >= 0.6 is 11.8 Å². The summed E-state index contributed by atoms with van der Waals surface area (Å²) in [5, 5.41) is 2.77. The average molecular weight is 256 g/mol. The van der Waals surface area contributed by atoms with Crippen LogP contribution in [0.4, 0.5) is 5.82 Å². The standard InChI is InChI=1S/C9H12N4O3S/c1-3(14)12-8-4(6(10)15)5(7(11)16)9(13-8)17-2/h13H,1-2H3,(H2,10,15)(H2,11,16)(H,12,14). The summed E-state index contributed by atoms with van der Waals surface area (Å²) in [4.78, 5) is 36.2. The van der Waals surface area contributed by atoms with Crippen molar-refractivity contribution in [1.29, 1.82) is 0 Å². The van der Waals surface area contributed by atoms with Gasteiger partial charge in [0, 0.05) is 6.92 Å². The maximum atomic E-state index is 11.3. The van der Waals surface area contributed by atoms with Gasteiger partial charge in [0.25, 0.3) is 11.8 Å². The number of aromatic amines is 1. The first-order valence-electron chi connectivity index (χ1n) is 4.55. The van der Waals surface area contributed by atoms with Crippen LogP contribution < -0.4 is 16.8 Å². The number of aromatic nitrogens is 1. The van der Waals surface area contributed by atoms with Crippen LogP contribution in [0.3, 0.4) is 0 Å². The number of primary amides is 2. The minimum Gasteiger partial charge on any atom is -0.365 e. The van der Waals surface area contributed by atoms with Crippen LogP contribution in [0, 0.1) is 0 Å². The zero-order valence-electron chi connectivity index (χ0n) is 9.29. The van der Waals surface area contributed by atoms with Crippen molar-refractivity contribution in [2.24, 2.45) is 11.5 Å². The average Bonchev–Trinajstić information content (AvgIpc) is 2.55. The second kappa shape index (κ2) is 4.91. The van der Waals surface area contributed by atoms with Gasteiger partial charge in [-0.25, -0.2) is 0 Å². The van der Waals surface area contributed by atoms with E-state index in [9.17, 15) is 14.4 Å². The van der Waals surface area contributed by atoms with E-state index in [0.717, 1.165) is 0 Å². The van der Waals surface area contributed by atoms with Crippen LogP contribution in [0.2, 0.25) is 0 Å². The summed E-state index contributed by atoms with van der Waals surface area (Å²) in [6.45, 7) is 1.27. The van der Waals surface area contributed by atoms with E-state index in [1.54, 1.807) is 6.26 Å². The zero-order valence-corrected chi connectivity index (χ0v) is 10.1. The van der Waals surface area contributed by atoms with Gasteiger partial charge in [0.05, 0.1) is 16.2 Å². The van der Waals surface area contributed by atoms with Gasteiger partial charge in [-0.1, -0.05) is 0 Å². The molecule has 6 N–H and O–H groups in total. The predicted molar refractivity (Wildman–Crippen MR) is 63.9 cm³/mol. The Bertz CT molecular complexity index is 495. The van der Waals surface area contributed by atoms with Crippen LogP contribution in [-0.4, -0.2) is 29.0 Å². The Morgan fingerprint density at radius 1 is 1.18 bits per heavy atom. The minimum absolute atomic E-state index is 0.00579. The van der Waals surface area contributed by atoms with E-state index in [0.29, 0.717) is 5.03 Å². The lowest BCUT2D eigenvalue weighted by Gasteiger charge is -2.01. The number of H-pyrrole nitrogens is 1. The number of carbonyl (C=O) groups is 3. The summed E-state index contributed by atoms with van der Waals surface area (Å²) in [5.41, 5.74) is 10.2. The molecule has 1 aromatic rings.